The molecule has 0 saturated heterocycles. The molecule has 0 spiro atoms. The van der Waals surface area contributed by atoms with Crippen molar-refractivity contribution in [3.63, 3.8) is 0 Å². The van der Waals surface area contributed by atoms with Crippen LogP contribution in [0.1, 0.15) is 0 Å². The topological polar surface area (TPSA) is 35.5 Å². The molecule has 0 unspecified atom stereocenters. The van der Waals surface area contributed by atoms with Gasteiger partial charge in [-0.25, -0.2) is 4.79 Å². The predicted octanol–water partition coefficient (Wildman–Crippen LogP) is 0.876. The van der Waals surface area contributed by atoms with Gasteiger partial charge in [-0.15, -0.1) is 0 Å². The summed E-state index contributed by atoms with van der Waals surface area (Å²) in [6.07, 6.45) is 2.68. The third kappa shape index (κ3) is 4.90. The van der Waals surface area contributed by atoms with Gasteiger partial charge in [0.2, 0.25) is 0 Å². The largest absolute Gasteiger partial charge is 0.490 e. The standard InChI is InChI=1S/C7H10O3/c1-3-5-10-7(8)6-9-4-2/h3-4H,1-2,5-6H2. The molecule has 0 heterocycles. The summed E-state index contributed by atoms with van der Waals surface area (Å²) in [5, 5.41) is 0. The van der Waals surface area contributed by atoms with E-state index in [-0.39, 0.29) is 13.2 Å². The van der Waals surface area contributed by atoms with E-state index in [1.54, 1.807) is 0 Å². The van der Waals surface area contributed by atoms with E-state index in [1.807, 2.05) is 0 Å². The highest BCUT2D eigenvalue weighted by Gasteiger charge is 1.98. The Labute approximate surface area is 59.9 Å². The van der Waals surface area contributed by atoms with E-state index in [0.29, 0.717) is 0 Å². The third-order valence-electron chi connectivity index (χ3n) is 0.681. The van der Waals surface area contributed by atoms with Crippen molar-refractivity contribution in [3.8, 4) is 0 Å². The van der Waals surface area contributed by atoms with Crippen molar-refractivity contribution in [3.05, 3.63) is 25.5 Å². The Hall–Kier alpha value is -1.25. The van der Waals surface area contributed by atoms with E-state index < -0.39 is 5.97 Å². The summed E-state index contributed by atoms with van der Waals surface area (Å²) in [7, 11) is 0. The molecule has 0 aliphatic heterocycles. The lowest BCUT2D eigenvalue weighted by molar-refractivity contribution is -0.145. The molecule has 3 heteroatoms. The highest BCUT2D eigenvalue weighted by Crippen LogP contribution is 1.81. The van der Waals surface area contributed by atoms with E-state index in [0.717, 1.165) is 0 Å². The monoisotopic (exact) mass is 142 g/mol. The first kappa shape index (κ1) is 8.75. The molecular formula is C7H10O3. The zero-order valence-corrected chi connectivity index (χ0v) is 5.71. The molecule has 0 aliphatic rings. The summed E-state index contributed by atoms with van der Waals surface area (Å²) < 4.78 is 9.11. The first-order chi connectivity index (χ1) is 4.81. The molecule has 0 saturated carbocycles. The second kappa shape index (κ2) is 5.88. The Morgan fingerprint density at radius 3 is 2.70 bits per heavy atom. The zero-order chi connectivity index (χ0) is 7.82. The minimum absolute atomic E-state index is 0.0860. The van der Waals surface area contributed by atoms with Crippen LogP contribution in [0.15, 0.2) is 25.5 Å². The Balaban J connectivity index is 3.24. The second-order valence-electron chi connectivity index (χ2n) is 1.45. The average Bonchev–Trinajstić information content (AvgIpc) is 1.97. The van der Waals surface area contributed by atoms with Gasteiger partial charge >= 0.3 is 5.97 Å². The van der Waals surface area contributed by atoms with Crippen LogP contribution in [0.4, 0.5) is 0 Å². The van der Waals surface area contributed by atoms with E-state index in [1.165, 1.54) is 12.3 Å². The first-order valence-electron chi connectivity index (χ1n) is 2.80. The molecule has 0 atom stereocenters. The van der Waals surface area contributed by atoms with Gasteiger partial charge in [-0.1, -0.05) is 19.2 Å². The van der Waals surface area contributed by atoms with Crippen molar-refractivity contribution in [2.45, 2.75) is 0 Å². The van der Waals surface area contributed by atoms with E-state index in [2.05, 4.69) is 22.6 Å². The molecule has 0 aromatic heterocycles. The van der Waals surface area contributed by atoms with Crippen LogP contribution >= 0.6 is 0 Å². The maximum Gasteiger partial charge on any atom is 0.344 e. The fraction of sp³-hybridized carbons (Fsp3) is 0.286. The van der Waals surface area contributed by atoms with Crippen LogP contribution in [0, 0.1) is 0 Å². The third-order valence-corrected chi connectivity index (χ3v) is 0.681. The average molecular weight is 142 g/mol. The summed E-state index contributed by atoms with van der Waals surface area (Å²) in [6, 6.07) is 0. The molecule has 0 rings (SSSR count). The van der Waals surface area contributed by atoms with Crippen molar-refractivity contribution in [2.24, 2.45) is 0 Å². The molecule has 0 bridgehead atoms. The highest BCUT2D eigenvalue weighted by atomic mass is 16.6. The van der Waals surface area contributed by atoms with Gasteiger partial charge in [0.05, 0.1) is 6.26 Å². The van der Waals surface area contributed by atoms with Crippen LogP contribution in [0.3, 0.4) is 0 Å². The smallest absolute Gasteiger partial charge is 0.344 e. The van der Waals surface area contributed by atoms with E-state index in [4.69, 9.17) is 0 Å². The van der Waals surface area contributed by atoms with Crippen LogP contribution in [0.5, 0.6) is 0 Å². The fourth-order valence-corrected chi connectivity index (χ4v) is 0.321. The van der Waals surface area contributed by atoms with Crippen molar-refractivity contribution in [2.75, 3.05) is 13.2 Å². The number of carbonyl (C=O) groups is 1. The lowest BCUT2D eigenvalue weighted by Crippen LogP contribution is -2.10. The molecule has 56 valence electrons. The van der Waals surface area contributed by atoms with Crippen molar-refractivity contribution >= 4 is 5.97 Å². The van der Waals surface area contributed by atoms with Gasteiger partial charge in [0, 0.05) is 0 Å². The minimum atomic E-state index is -0.417. The molecule has 0 radical (unpaired) electrons. The lowest BCUT2D eigenvalue weighted by Gasteiger charge is -1.99. The van der Waals surface area contributed by atoms with Crippen molar-refractivity contribution in [1.82, 2.24) is 0 Å². The van der Waals surface area contributed by atoms with Crippen molar-refractivity contribution < 1.29 is 14.3 Å². The van der Waals surface area contributed by atoms with Crippen LogP contribution in [-0.4, -0.2) is 19.2 Å². The maximum absolute atomic E-state index is 10.5. The normalized spacial score (nSPS) is 8.00. The number of hydrogen-bond acceptors (Lipinski definition) is 3. The maximum atomic E-state index is 10.5. The quantitative estimate of drug-likeness (QED) is 0.324. The predicted molar refractivity (Wildman–Crippen MR) is 37.3 cm³/mol. The zero-order valence-electron chi connectivity index (χ0n) is 5.71. The molecule has 0 N–H and O–H groups in total. The van der Waals surface area contributed by atoms with Gasteiger partial charge in [-0.05, 0) is 0 Å². The Morgan fingerprint density at radius 2 is 2.20 bits per heavy atom. The molecule has 0 aliphatic carbocycles. The summed E-state index contributed by atoms with van der Waals surface area (Å²) in [4.78, 5) is 10.5. The summed E-state index contributed by atoms with van der Waals surface area (Å²) >= 11 is 0. The van der Waals surface area contributed by atoms with Gasteiger partial charge in [0.1, 0.15) is 6.61 Å². The molecule has 0 fully saturated rings. The van der Waals surface area contributed by atoms with Gasteiger partial charge < -0.3 is 9.47 Å². The van der Waals surface area contributed by atoms with Gasteiger partial charge in [-0.2, -0.15) is 0 Å². The highest BCUT2D eigenvalue weighted by molar-refractivity contribution is 5.70. The van der Waals surface area contributed by atoms with E-state index in [9.17, 15) is 4.79 Å². The Morgan fingerprint density at radius 1 is 1.50 bits per heavy atom. The minimum Gasteiger partial charge on any atom is -0.490 e. The van der Waals surface area contributed by atoms with Crippen LogP contribution < -0.4 is 0 Å². The van der Waals surface area contributed by atoms with Crippen LogP contribution in [0.25, 0.3) is 0 Å². The number of rotatable bonds is 5. The number of hydrogen-bond donors (Lipinski definition) is 0. The summed E-state index contributed by atoms with van der Waals surface area (Å²) in [5.74, 6) is -0.417. The summed E-state index contributed by atoms with van der Waals surface area (Å²) in [5.41, 5.74) is 0. The first-order valence-corrected chi connectivity index (χ1v) is 2.80. The van der Waals surface area contributed by atoms with E-state index >= 15 is 0 Å². The van der Waals surface area contributed by atoms with Crippen LogP contribution in [0.2, 0.25) is 0 Å². The van der Waals surface area contributed by atoms with Crippen molar-refractivity contribution in [1.29, 1.82) is 0 Å². The van der Waals surface area contributed by atoms with Gasteiger partial charge in [0.25, 0.3) is 0 Å². The number of esters is 1. The lowest BCUT2D eigenvalue weighted by atomic mass is 10.6. The van der Waals surface area contributed by atoms with Gasteiger partial charge in [0.15, 0.2) is 6.61 Å². The molecular weight excluding hydrogens is 132 g/mol. The number of ether oxygens (including phenoxy) is 2. The molecule has 0 aromatic carbocycles. The molecule has 0 aromatic rings. The Kier molecular flexibility index (Phi) is 5.14. The summed E-state index contributed by atoms with van der Waals surface area (Å²) in [6.45, 7) is 6.77. The SMILES string of the molecule is C=CCOC(=O)COC=C. The number of carbonyl (C=O) groups excluding carboxylic acids is 1. The fourth-order valence-electron chi connectivity index (χ4n) is 0.321. The molecule has 10 heavy (non-hydrogen) atoms. The molecule has 0 amide bonds. The second-order valence-corrected chi connectivity index (χ2v) is 1.45. The Bertz CT molecular complexity index is 115. The van der Waals surface area contributed by atoms with Crippen LogP contribution in [-0.2, 0) is 14.3 Å². The van der Waals surface area contributed by atoms with Gasteiger partial charge in [-0.3, -0.25) is 0 Å². The molecule has 3 nitrogen and oxygen atoms in total.